The van der Waals surface area contributed by atoms with Crippen molar-refractivity contribution in [2.75, 3.05) is 26.9 Å². The molecule has 19 heavy (non-hydrogen) atoms. The molecular weight excluding hydrogens is 238 g/mol. The van der Waals surface area contributed by atoms with E-state index < -0.39 is 0 Å². The van der Waals surface area contributed by atoms with Crippen LogP contribution >= 0.6 is 0 Å². The minimum atomic E-state index is 0.236. The zero-order valence-electron chi connectivity index (χ0n) is 12.2. The van der Waals surface area contributed by atoms with E-state index in [1.165, 1.54) is 11.1 Å². The number of rotatable bonds is 6. The van der Waals surface area contributed by atoms with E-state index in [4.69, 9.17) is 9.47 Å². The number of methoxy groups -OCH3 is 1. The molecule has 0 aliphatic heterocycles. The van der Waals surface area contributed by atoms with Crippen molar-refractivity contribution in [3.8, 4) is 0 Å². The van der Waals surface area contributed by atoms with Gasteiger partial charge in [-0.05, 0) is 30.0 Å². The second-order valence-electron chi connectivity index (χ2n) is 5.20. The van der Waals surface area contributed by atoms with Crippen LogP contribution in [0.15, 0.2) is 24.3 Å². The second-order valence-corrected chi connectivity index (χ2v) is 5.20. The minimum absolute atomic E-state index is 0.236. The predicted octanol–water partition coefficient (Wildman–Crippen LogP) is 2.88. The normalized spacial score (nSPS) is 26.2. The van der Waals surface area contributed by atoms with Crippen LogP contribution in [0.25, 0.3) is 0 Å². The molecule has 0 aromatic heterocycles. The molecule has 0 bridgehead atoms. The average Bonchev–Trinajstić information content (AvgIpc) is 2.43. The van der Waals surface area contributed by atoms with Crippen LogP contribution in [0.4, 0.5) is 0 Å². The topological polar surface area (TPSA) is 30.5 Å². The first-order chi connectivity index (χ1) is 9.27. The Morgan fingerprint density at radius 2 is 1.95 bits per heavy atom. The maximum Gasteiger partial charge on any atom is 0.0776 e. The first-order valence-electron chi connectivity index (χ1n) is 7.20. The molecule has 106 valence electrons. The van der Waals surface area contributed by atoms with Crippen molar-refractivity contribution in [1.29, 1.82) is 0 Å². The highest BCUT2D eigenvalue weighted by molar-refractivity contribution is 5.36. The molecule has 0 spiro atoms. The van der Waals surface area contributed by atoms with Crippen LogP contribution in [0.1, 0.15) is 43.4 Å². The van der Waals surface area contributed by atoms with Gasteiger partial charge in [0.2, 0.25) is 0 Å². The maximum absolute atomic E-state index is 6.03. The third kappa shape index (κ3) is 3.35. The van der Waals surface area contributed by atoms with E-state index in [0.29, 0.717) is 25.2 Å². The van der Waals surface area contributed by atoms with Crippen molar-refractivity contribution in [3.05, 3.63) is 35.4 Å². The summed E-state index contributed by atoms with van der Waals surface area (Å²) in [5, 5.41) is 3.57. The molecule has 0 fully saturated rings. The number of fused-ring (bicyclic) bond motifs is 1. The fourth-order valence-electron chi connectivity index (χ4n) is 2.96. The molecule has 1 aliphatic carbocycles. The van der Waals surface area contributed by atoms with Crippen LogP contribution in [-0.2, 0) is 9.47 Å². The standard InChI is InChI=1S/C16H25NO2/c1-4-17-16-14-8-6-5-7-13(14)12(2)11-15(16)19-10-9-18-3/h5-8,12,15-17H,4,9-11H2,1-3H3. The summed E-state index contributed by atoms with van der Waals surface area (Å²) in [5.74, 6) is 0.554. The lowest BCUT2D eigenvalue weighted by atomic mass is 9.79. The molecule has 3 atom stereocenters. The lowest BCUT2D eigenvalue weighted by Crippen LogP contribution is -2.39. The quantitative estimate of drug-likeness (QED) is 0.801. The largest absolute Gasteiger partial charge is 0.382 e. The van der Waals surface area contributed by atoms with Gasteiger partial charge in [0.05, 0.1) is 25.4 Å². The third-order valence-corrected chi connectivity index (χ3v) is 3.86. The molecule has 1 aliphatic rings. The van der Waals surface area contributed by atoms with Crippen molar-refractivity contribution >= 4 is 0 Å². The molecule has 0 heterocycles. The summed E-state index contributed by atoms with van der Waals surface area (Å²) in [6.45, 7) is 6.71. The number of hydrogen-bond acceptors (Lipinski definition) is 3. The molecule has 3 nitrogen and oxygen atoms in total. The molecule has 3 unspecified atom stereocenters. The average molecular weight is 263 g/mol. The van der Waals surface area contributed by atoms with Crippen molar-refractivity contribution in [2.45, 2.75) is 38.3 Å². The number of nitrogens with one attached hydrogen (secondary N) is 1. The van der Waals surface area contributed by atoms with Gasteiger partial charge in [0.25, 0.3) is 0 Å². The molecule has 3 heteroatoms. The number of ether oxygens (including phenoxy) is 2. The molecule has 1 N–H and O–H groups in total. The van der Waals surface area contributed by atoms with Crippen molar-refractivity contribution in [3.63, 3.8) is 0 Å². The Bertz CT molecular complexity index is 394. The van der Waals surface area contributed by atoms with Gasteiger partial charge in [-0.15, -0.1) is 0 Å². The van der Waals surface area contributed by atoms with E-state index in [1.54, 1.807) is 7.11 Å². The highest BCUT2D eigenvalue weighted by Gasteiger charge is 2.32. The van der Waals surface area contributed by atoms with Crippen LogP contribution in [0.3, 0.4) is 0 Å². The summed E-state index contributed by atoms with van der Waals surface area (Å²) in [5.41, 5.74) is 2.85. The summed E-state index contributed by atoms with van der Waals surface area (Å²) in [6.07, 6.45) is 1.30. The van der Waals surface area contributed by atoms with Gasteiger partial charge in [-0.1, -0.05) is 38.1 Å². The van der Waals surface area contributed by atoms with Crippen molar-refractivity contribution in [2.24, 2.45) is 0 Å². The van der Waals surface area contributed by atoms with Gasteiger partial charge in [-0.2, -0.15) is 0 Å². The summed E-state index contributed by atoms with van der Waals surface area (Å²) in [6, 6.07) is 9.02. The molecule has 0 amide bonds. The lowest BCUT2D eigenvalue weighted by Gasteiger charge is -2.37. The highest BCUT2D eigenvalue weighted by Crippen LogP contribution is 2.38. The molecule has 1 aromatic carbocycles. The van der Waals surface area contributed by atoms with Crippen LogP contribution in [0.5, 0.6) is 0 Å². The van der Waals surface area contributed by atoms with Gasteiger partial charge in [0.15, 0.2) is 0 Å². The van der Waals surface area contributed by atoms with Gasteiger partial charge in [0.1, 0.15) is 0 Å². The zero-order chi connectivity index (χ0) is 13.7. The molecule has 0 saturated heterocycles. The summed E-state index contributed by atoms with van der Waals surface area (Å²) in [7, 11) is 1.71. The molecule has 1 aromatic rings. The highest BCUT2D eigenvalue weighted by atomic mass is 16.5. The Hall–Kier alpha value is -0.900. The third-order valence-electron chi connectivity index (χ3n) is 3.86. The molecule has 2 rings (SSSR count). The fourth-order valence-corrected chi connectivity index (χ4v) is 2.96. The smallest absolute Gasteiger partial charge is 0.0776 e. The SMILES string of the molecule is CCNC1c2ccccc2C(C)CC1OCCOC. The van der Waals surface area contributed by atoms with E-state index >= 15 is 0 Å². The van der Waals surface area contributed by atoms with E-state index in [9.17, 15) is 0 Å². The fraction of sp³-hybridized carbons (Fsp3) is 0.625. The van der Waals surface area contributed by atoms with E-state index in [-0.39, 0.29) is 6.10 Å². The van der Waals surface area contributed by atoms with Crippen LogP contribution < -0.4 is 5.32 Å². The van der Waals surface area contributed by atoms with E-state index in [0.717, 1.165) is 13.0 Å². The van der Waals surface area contributed by atoms with Gasteiger partial charge in [-0.3, -0.25) is 0 Å². The zero-order valence-corrected chi connectivity index (χ0v) is 12.2. The van der Waals surface area contributed by atoms with E-state index in [2.05, 4.69) is 43.4 Å². The predicted molar refractivity (Wildman–Crippen MR) is 77.5 cm³/mol. The van der Waals surface area contributed by atoms with Crippen molar-refractivity contribution < 1.29 is 9.47 Å². The summed E-state index contributed by atoms with van der Waals surface area (Å²) < 4.78 is 11.1. The first kappa shape index (κ1) is 14.5. The maximum atomic E-state index is 6.03. The number of benzene rings is 1. The first-order valence-corrected chi connectivity index (χ1v) is 7.20. The number of hydrogen-bond donors (Lipinski definition) is 1. The van der Waals surface area contributed by atoms with Gasteiger partial charge >= 0.3 is 0 Å². The summed E-state index contributed by atoms with van der Waals surface area (Å²) in [4.78, 5) is 0. The monoisotopic (exact) mass is 263 g/mol. The Kier molecular flexibility index (Phi) is 5.37. The Morgan fingerprint density at radius 1 is 1.21 bits per heavy atom. The second kappa shape index (κ2) is 7.04. The van der Waals surface area contributed by atoms with Crippen LogP contribution in [0, 0.1) is 0 Å². The number of likely N-dealkylation sites (N-methyl/N-ethyl adjacent to an activating group) is 1. The van der Waals surface area contributed by atoms with E-state index in [1.807, 2.05) is 0 Å². The Labute approximate surface area is 116 Å². The molecular formula is C16H25NO2. The van der Waals surface area contributed by atoms with Crippen LogP contribution in [0.2, 0.25) is 0 Å². The van der Waals surface area contributed by atoms with Crippen LogP contribution in [-0.4, -0.2) is 33.0 Å². The van der Waals surface area contributed by atoms with Crippen molar-refractivity contribution in [1.82, 2.24) is 5.32 Å². The lowest BCUT2D eigenvalue weighted by molar-refractivity contribution is -0.0134. The molecule has 0 radical (unpaired) electrons. The summed E-state index contributed by atoms with van der Waals surface area (Å²) >= 11 is 0. The Balaban J connectivity index is 2.17. The molecule has 0 saturated carbocycles. The van der Waals surface area contributed by atoms with Gasteiger partial charge in [-0.25, -0.2) is 0 Å². The minimum Gasteiger partial charge on any atom is -0.382 e. The Morgan fingerprint density at radius 3 is 2.63 bits per heavy atom. The van der Waals surface area contributed by atoms with Gasteiger partial charge < -0.3 is 14.8 Å². The van der Waals surface area contributed by atoms with Gasteiger partial charge in [0, 0.05) is 7.11 Å².